The molecule has 5 heteroatoms. The molecular weight excluding hydrogens is 188 g/mol. The van der Waals surface area contributed by atoms with Gasteiger partial charge in [0.25, 0.3) is 0 Å². The summed E-state index contributed by atoms with van der Waals surface area (Å²) < 4.78 is 4.94. The fourth-order valence-electron chi connectivity index (χ4n) is 0.646. The van der Waals surface area contributed by atoms with Gasteiger partial charge in [-0.1, -0.05) is 26.1 Å². The summed E-state index contributed by atoms with van der Waals surface area (Å²) in [6, 6.07) is 0. The number of carbonyl (C=O) groups is 1. The van der Waals surface area contributed by atoms with E-state index < -0.39 is 0 Å². The zero-order valence-electron chi connectivity index (χ0n) is 8.24. The maximum Gasteiger partial charge on any atom is 0.409 e. The van der Waals surface area contributed by atoms with Gasteiger partial charge in [0.2, 0.25) is 0 Å². The number of carbonyl (C=O) groups excluding carboxylic acids is 1. The molecule has 0 saturated heterocycles. The van der Waals surface area contributed by atoms with Crippen molar-refractivity contribution in [3.05, 3.63) is 0 Å². The molecule has 0 aliphatic carbocycles. The molecule has 2 N–H and O–H groups in total. The minimum atomic E-state index is -0.387. The normalized spacial score (nSPS) is 9.85. The van der Waals surface area contributed by atoms with Crippen LogP contribution in [0.5, 0.6) is 0 Å². The highest BCUT2D eigenvalue weighted by Crippen LogP contribution is 1.96. The van der Waals surface area contributed by atoms with Crippen molar-refractivity contribution >= 4 is 23.3 Å². The summed E-state index contributed by atoms with van der Waals surface area (Å²) in [4.78, 5) is 12.8. The quantitative estimate of drug-likeness (QED) is 0.694. The number of thiocarbonyl (C=S) groups is 1. The van der Waals surface area contributed by atoms with Crippen molar-refractivity contribution in [2.24, 2.45) is 11.7 Å². The second-order valence-electron chi connectivity index (χ2n) is 3.29. The van der Waals surface area contributed by atoms with Crippen molar-refractivity contribution < 1.29 is 9.53 Å². The van der Waals surface area contributed by atoms with Crippen LogP contribution in [0.3, 0.4) is 0 Å². The van der Waals surface area contributed by atoms with Gasteiger partial charge in [-0.05, 0) is 5.92 Å². The average molecular weight is 204 g/mol. The third-order valence-electron chi connectivity index (χ3n) is 1.24. The van der Waals surface area contributed by atoms with Crippen LogP contribution in [0.15, 0.2) is 0 Å². The maximum atomic E-state index is 11.2. The van der Waals surface area contributed by atoms with Gasteiger partial charge >= 0.3 is 6.09 Å². The van der Waals surface area contributed by atoms with Crippen molar-refractivity contribution in [2.45, 2.75) is 13.8 Å². The van der Waals surface area contributed by atoms with E-state index in [2.05, 4.69) is 12.2 Å². The molecule has 0 aromatic heterocycles. The lowest BCUT2D eigenvalue weighted by molar-refractivity contribution is 0.104. The average Bonchev–Trinajstić information content (AvgIpc) is 1.98. The Hall–Kier alpha value is -0.840. The van der Waals surface area contributed by atoms with E-state index in [1.165, 1.54) is 4.90 Å². The van der Waals surface area contributed by atoms with Crippen LogP contribution >= 0.6 is 12.2 Å². The second kappa shape index (κ2) is 5.75. The molecule has 0 aliphatic rings. The molecule has 0 unspecified atom stereocenters. The standard InChI is InChI=1S/C8H16N2O2S/c1-6(2)5-12-8(11)10(3)4-7(9)13/h6H,4-5H2,1-3H3,(H2,9,13). The van der Waals surface area contributed by atoms with Crippen molar-refractivity contribution in [1.29, 1.82) is 0 Å². The third-order valence-corrected chi connectivity index (χ3v) is 1.37. The number of rotatable bonds is 4. The summed E-state index contributed by atoms with van der Waals surface area (Å²) in [5.41, 5.74) is 5.27. The van der Waals surface area contributed by atoms with Gasteiger partial charge in [-0.15, -0.1) is 0 Å². The number of amides is 1. The Morgan fingerprint density at radius 2 is 2.15 bits per heavy atom. The van der Waals surface area contributed by atoms with E-state index in [0.29, 0.717) is 12.5 Å². The number of nitrogens with two attached hydrogens (primary N) is 1. The highest BCUT2D eigenvalue weighted by Gasteiger charge is 2.10. The van der Waals surface area contributed by atoms with Gasteiger partial charge in [-0.25, -0.2) is 4.79 Å². The van der Waals surface area contributed by atoms with E-state index in [0.717, 1.165) is 0 Å². The fraction of sp³-hybridized carbons (Fsp3) is 0.750. The Morgan fingerprint density at radius 1 is 1.62 bits per heavy atom. The Bertz CT molecular complexity index is 195. The van der Waals surface area contributed by atoms with Gasteiger partial charge in [0.15, 0.2) is 0 Å². The SMILES string of the molecule is CC(C)COC(=O)N(C)CC(N)=S. The van der Waals surface area contributed by atoms with Gasteiger partial charge in [0, 0.05) is 7.05 Å². The Balaban J connectivity index is 3.76. The van der Waals surface area contributed by atoms with Crippen molar-refractivity contribution in [3.63, 3.8) is 0 Å². The molecule has 0 aromatic carbocycles. The summed E-state index contributed by atoms with van der Waals surface area (Å²) in [6.07, 6.45) is -0.387. The molecule has 13 heavy (non-hydrogen) atoms. The second-order valence-corrected chi connectivity index (χ2v) is 3.82. The Morgan fingerprint density at radius 3 is 2.54 bits per heavy atom. The highest BCUT2D eigenvalue weighted by atomic mass is 32.1. The maximum absolute atomic E-state index is 11.2. The molecule has 0 heterocycles. The van der Waals surface area contributed by atoms with E-state index in [4.69, 9.17) is 10.5 Å². The first-order valence-electron chi connectivity index (χ1n) is 4.09. The van der Waals surface area contributed by atoms with E-state index in [9.17, 15) is 4.79 Å². The predicted octanol–water partition coefficient (Wildman–Crippen LogP) is 0.997. The van der Waals surface area contributed by atoms with Crippen LogP contribution in [0.2, 0.25) is 0 Å². The summed E-state index contributed by atoms with van der Waals surface area (Å²) in [7, 11) is 1.60. The number of nitrogens with zero attached hydrogens (tertiary/aromatic N) is 1. The molecule has 0 spiro atoms. The first kappa shape index (κ1) is 12.2. The Kier molecular flexibility index (Phi) is 5.37. The lowest BCUT2D eigenvalue weighted by atomic mass is 10.2. The zero-order chi connectivity index (χ0) is 10.4. The molecule has 0 fully saturated rings. The van der Waals surface area contributed by atoms with Crippen LogP contribution < -0.4 is 5.73 Å². The molecule has 0 rings (SSSR count). The van der Waals surface area contributed by atoms with E-state index >= 15 is 0 Å². The van der Waals surface area contributed by atoms with Crippen LogP contribution in [0, 0.1) is 5.92 Å². The number of hydrogen-bond donors (Lipinski definition) is 1. The zero-order valence-corrected chi connectivity index (χ0v) is 9.06. The molecule has 76 valence electrons. The van der Waals surface area contributed by atoms with E-state index in [1.54, 1.807) is 7.05 Å². The molecule has 0 aliphatic heterocycles. The molecular formula is C8H16N2O2S. The number of hydrogen-bond acceptors (Lipinski definition) is 3. The van der Waals surface area contributed by atoms with Gasteiger partial charge in [0.1, 0.15) is 0 Å². The van der Waals surface area contributed by atoms with E-state index in [1.807, 2.05) is 13.8 Å². The summed E-state index contributed by atoms with van der Waals surface area (Å²) in [5, 5.41) is 0. The number of ether oxygens (including phenoxy) is 1. The Labute approximate surface area is 84.0 Å². The predicted molar refractivity (Wildman–Crippen MR) is 55.6 cm³/mol. The van der Waals surface area contributed by atoms with E-state index in [-0.39, 0.29) is 17.6 Å². The first-order chi connectivity index (χ1) is 5.93. The van der Waals surface area contributed by atoms with Crippen LogP contribution in [0.25, 0.3) is 0 Å². The van der Waals surface area contributed by atoms with Crippen LogP contribution in [0.4, 0.5) is 4.79 Å². The fourth-order valence-corrected chi connectivity index (χ4v) is 0.840. The number of likely N-dealkylation sites (N-methyl/N-ethyl adjacent to an activating group) is 1. The summed E-state index contributed by atoms with van der Waals surface area (Å²) in [5.74, 6) is 0.335. The molecule has 1 amide bonds. The minimum absolute atomic E-state index is 0.256. The van der Waals surface area contributed by atoms with Crippen molar-refractivity contribution in [3.8, 4) is 0 Å². The molecule has 0 radical (unpaired) electrons. The first-order valence-corrected chi connectivity index (χ1v) is 4.50. The minimum Gasteiger partial charge on any atom is -0.449 e. The highest BCUT2D eigenvalue weighted by molar-refractivity contribution is 7.80. The molecule has 0 saturated carbocycles. The largest absolute Gasteiger partial charge is 0.449 e. The van der Waals surface area contributed by atoms with Crippen molar-refractivity contribution in [1.82, 2.24) is 4.90 Å². The summed E-state index contributed by atoms with van der Waals surface area (Å²) in [6.45, 7) is 4.62. The van der Waals surface area contributed by atoms with Gasteiger partial charge in [-0.3, -0.25) is 0 Å². The molecule has 0 aromatic rings. The van der Waals surface area contributed by atoms with Crippen LogP contribution in [-0.2, 0) is 4.74 Å². The van der Waals surface area contributed by atoms with Crippen LogP contribution in [0.1, 0.15) is 13.8 Å². The van der Waals surface area contributed by atoms with Crippen molar-refractivity contribution in [2.75, 3.05) is 20.2 Å². The monoisotopic (exact) mass is 204 g/mol. The smallest absolute Gasteiger partial charge is 0.409 e. The third kappa shape index (κ3) is 6.33. The van der Waals surface area contributed by atoms with Crippen LogP contribution in [-0.4, -0.2) is 36.2 Å². The molecule has 0 atom stereocenters. The topological polar surface area (TPSA) is 55.6 Å². The van der Waals surface area contributed by atoms with Gasteiger partial charge in [0.05, 0.1) is 18.1 Å². The molecule has 0 bridgehead atoms. The van der Waals surface area contributed by atoms with Gasteiger partial charge < -0.3 is 15.4 Å². The summed E-state index contributed by atoms with van der Waals surface area (Å²) >= 11 is 4.66. The molecule has 4 nitrogen and oxygen atoms in total. The lowest BCUT2D eigenvalue weighted by Gasteiger charge is -2.16. The van der Waals surface area contributed by atoms with Gasteiger partial charge in [-0.2, -0.15) is 0 Å². The lowest BCUT2D eigenvalue weighted by Crippen LogP contribution is -2.35.